The van der Waals surface area contributed by atoms with Crippen molar-refractivity contribution in [1.29, 1.82) is 0 Å². The molecule has 0 radical (unpaired) electrons. The normalized spacial score (nSPS) is 23.9. The van der Waals surface area contributed by atoms with E-state index in [4.69, 9.17) is 4.74 Å². The van der Waals surface area contributed by atoms with Gasteiger partial charge in [0.1, 0.15) is 12.1 Å². The SMILES string of the molecule is C[C@@H]1CCCCN1[C@H]1CCOc2cc(S(=O)(=O)Nc3ncns3)ccc21. The molecule has 1 fully saturated rings. The zero-order chi connectivity index (χ0) is 18.1. The monoisotopic (exact) mass is 394 g/mol. The molecule has 0 amide bonds. The van der Waals surface area contributed by atoms with Gasteiger partial charge in [0.2, 0.25) is 5.13 Å². The van der Waals surface area contributed by atoms with Gasteiger partial charge in [0.25, 0.3) is 10.0 Å². The van der Waals surface area contributed by atoms with Gasteiger partial charge in [0.15, 0.2) is 0 Å². The van der Waals surface area contributed by atoms with E-state index < -0.39 is 10.0 Å². The Kier molecular flexibility index (Phi) is 4.85. The summed E-state index contributed by atoms with van der Waals surface area (Å²) in [5, 5.41) is 0.253. The first-order chi connectivity index (χ1) is 12.5. The highest BCUT2D eigenvalue weighted by atomic mass is 32.2. The second kappa shape index (κ2) is 7.13. The summed E-state index contributed by atoms with van der Waals surface area (Å²) in [4.78, 5) is 6.59. The number of hydrogen-bond acceptors (Lipinski definition) is 7. The van der Waals surface area contributed by atoms with Crippen molar-refractivity contribution in [2.75, 3.05) is 17.9 Å². The van der Waals surface area contributed by atoms with Crippen LogP contribution in [0.25, 0.3) is 0 Å². The lowest BCUT2D eigenvalue weighted by atomic mass is 9.93. The first kappa shape index (κ1) is 17.7. The Bertz CT molecular complexity index is 870. The number of sulfonamides is 1. The van der Waals surface area contributed by atoms with Crippen LogP contribution in [0.15, 0.2) is 29.4 Å². The van der Waals surface area contributed by atoms with Crippen LogP contribution < -0.4 is 9.46 Å². The van der Waals surface area contributed by atoms with Gasteiger partial charge in [0, 0.05) is 41.7 Å². The van der Waals surface area contributed by atoms with Gasteiger partial charge in [-0.05, 0) is 32.4 Å². The fourth-order valence-corrected chi connectivity index (χ4v) is 5.51. The van der Waals surface area contributed by atoms with E-state index in [0.29, 0.717) is 24.4 Å². The quantitative estimate of drug-likeness (QED) is 0.858. The number of nitrogens with zero attached hydrogens (tertiary/aromatic N) is 3. The molecule has 7 nitrogen and oxygen atoms in total. The molecular weight excluding hydrogens is 372 g/mol. The number of hydrogen-bond donors (Lipinski definition) is 1. The van der Waals surface area contributed by atoms with Gasteiger partial charge in [-0.15, -0.1) is 0 Å². The van der Waals surface area contributed by atoms with Crippen LogP contribution >= 0.6 is 11.5 Å². The summed E-state index contributed by atoms with van der Waals surface area (Å²) in [6, 6.07) is 6.01. The highest BCUT2D eigenvalue weighted by Gasteiger charge is 2.32. The van der Waals surface area contributed by atoms with Crippen molar-refractivity contribution < 1.29 is 13.2 Å². The Morgan fingerprint density at radius 2 is 2.19 bits per heavy atom. The predicted molar refractivity (Wildman–Crippen MR) is 100 cm³/mol. The van der Waals surface area contributed by atoms with Crippen LogP contribution in [0, 0.1) is 0 Å². The van der Waals surface area contributed by atoms with Gasteiger partial charge in [0.05, 0.1) is 11.5 Å². The molecule has 3 heterocycles. The van der Waals surface area contributed by atoms with Crippen molar-refractivity contribution in [3.63, 3.8) is 0 Å². The second-order valence-electron chi connectivity index (χ2n) is 6.79. The van der Waals surface area contributed by atoms with E-state index >= 15 is 0 Å². The molecule has 2 aliphatic heterocycles. The maximum absolute atomic E-state index is 12.6. The molecule has 26 heavy (non-hydrogen) atoms. The van der Waals surface area contributed by atoms with E-state index in [-0.39, 0.29) is 10.0 Å². The van der Waals surface area contributed by atoms with Gasteiger partial charge in [-0.25, -0.2) is 13.4 Å². The van der Waals surface area contributed by atoms with E-state index in [2.05, 4.69) is 25.9 Å². The van der Waals surface area contributed by atoms with Crippen LogP contribution in [-0.4, -0.2) is 41.9 Å². The molecule has 4 rings (SSSR count). The third-order valence-corrected chi connectivity index (χ3v) is 7.19. The van der Waals surface area contributed by atoms with Gasteiger partial charge < -0.3 is 4.74 Å². The Morgan fingerprint density at radius 3 is 2.96 bits per heavy atom. The molecule has 2 atom stereocenters. The minimum Gasteiger partial charge on any atom is -0.493 e. The Morgan fingerprint density at radius 1 is 1.31 bits per heavy atom. The van der Waals surface area contributed by atoms with Crippen molar-refractivity contribution in [2.45, 2.75) is 49.6 Å². The number of likely N-dealkylation sites (tertiary alicyclic amines) is 1. The molecule has 1 aromatic heterocycles. The van der Waals surface area contributed by atoms with E-state index in [1.54, 1.807) is 12.1 Å². The number of rotatable bonds is 4. The molecular formula is C17H22N4O3S2. The number of nitrogens with one attached hydrogen (secondary N) is 1. The van der Waals surface area contributed by atoms with Crippen molar-refractivity contribution in [2.24, 2.45) is 0 Å². The fraction of sp³-hybridized carbons (Fsp3) is 0.529. The van der Waals surface area contributed by atoms with Crippen molar-refractivity contribution in [3.05, 3.63) is 30.1 Å². The van der Waals surface area contributed by atoms with Crippen molar-refractivity contribution >= 4 is 26.7 Å². The highest BCUT2D eigenvalue weighted by molar-refractivity contribution is 7.93. The van der Waals surface area contributed by atoms with Crippen LogP contribution in [0.5, 0.6) is 5.75 Å². The van der Waals surface area contributed by atoms with Crippen LogP contribution in [0.1, 0.15) is 44.2 Å². The summed E-state index contributed by atoms with van der Waals surface area (Å²) in [5.41, 5.74) is 1.08. The molecule has 1 aromatic carbocycles. The van der Waals surface area contributed by atoms with Gasteiger partial charge >= 0.3 is 0 Å². The molecule has 0 aliphatic carbocycles. The lowest BCUT2D eigenvalue weighted by molar-refractivity contribution is 0.0759. The molecule has 2 aromatic rings. The topological polar surface area (TPSA) is 84.4 Å². The lowest BCUT2D eigenvalue weighted by Gasteiger charge is -2.42. The fourth-order valence-electron chi connectivity index (χ4n) is 3.84. The minimum absolute atomic E-state index is 0.179. The summed E-state index contributed by atoms with van der Waals surface area (Å²) in [6.07, 6.45) is 5.97. The Balaban J connectivity index is 1.62. The maximum atomic E-state index is 12.6. The molecule has 0 saturated carbocycles. The number of ether oxygens (including phenoxy) is 1. The highest BCUT2D eigenvalue weighted by Crippen LogP contribution is 2.40. The molecule has 0 bridgehead atoms. The standard InChI is InChI=1S/C17H22N4O3S2/c1-12-4-2-3-8-21(12)15-7-9-24-16-10-13(5-6-14(15)16)26(22,23)20-17-18-11-19-25-17/h5-6,10-12,15H,2-4,7-9H2,1H3,(H,18,19,20)/t12-,15+/m1/s1. The first-order valence-electron chi connectivity index (χ1n) is 8.86. The number of aromatic nitrogens is 2. The van der Waals surface area contributed by atoms with Crippen LogP contribution in [-0.2, 0) is 10.0 Å². The summed E-state index contributed by atoms with van der Waals surface area (Å²) in [7, 11) is -3.71. The smallest absolute Gasteiger partial charge is 0.263 e. The average Bonchev–Trinajstić information content (AvgIpc) is 3.13. The average molecular weight is 395 g/mol. The molecule has 0 spiro atoms. The van der Waals surface area contributed by atoms with Crippen LogP contribution in [0.3, 0.4) is 0 Å². The number of benzene rings is 1. The summed E-state index contributed by atoms with van der Waals surface area (Å²) in [6.45, 7) is 3.97. The maximum Gasteiger partial charge on any atom is 0.263 e. The second-order valence-corrected chi connectivity index (χ2v) is 9.25. The van der Waals surface area contributed by atoms with E-state index in [0.717, 1.165) is 30.1 Å². The number of piperidine rings is 1. The summed E-state index contributed by atoms with van der Waals surface area (Å²) < 4.78 is 37.2. The van der Waals surface area contributed by atoms with E-state index in [1.807, 2.05) is 6.07 Å². The zero-order valence-corrected chi connectivity index (χ0v) is 16.2. The third-order valence-electron chi connectivity index (χ3n) is 5.14. The van der Waals surface area contributed by atoms with Crippen molar-refractivity contribution in [3.8, 4) is 5.75 Å². The largest absolute Gasteiger partial charge is 0.493 e. The molecule has 9 heteroatoms. The predicted octanol–water partition coefficient (Wildman–Crippen LogP) is 3.04. The molecule has 2 aliphatic rings. The Hall–Kier alpha value is -1.71. The van der Waals surface area contributed by atoms with Crippen LogP contribution in [0.4, 0.5) is 5.13 Å². The first-order valence-corrected chi connectivity index (χ1v) is 11.1. The van der Waals surface area contributed by atoms with E-state index in [9.17, 15) is 8.42 Å². The molecule has 0 unspecified atom stereocenters. The number of anilines is 1. The van der Waals surface area contributed by atoms with Gasteiger partial charge in [-0.3, -0.25) is 9.62 Å². The third kappa shape index (κ3) is 3.43. The minimum atomic E-state index is -3.71. The van der Waals surface area contributed by atoms with Gasteiger partial charge in [-0.2, -0.15) is 4.37 Å². The number of fused-ring (bicyclic) bond motifs is 1. The van der Waals surface area contributed by atoms with Gasteiger partial charge in [-0.1, -0.05) is 12.5 Å². The molecule has 1 N–H and O–H groups in total. The van der Waals surface area contributed by atoms with E-state index in [1.165, 1.54) is 25.6 Å². The lowest BCUT2D eigenvalue weighted by Crippen LogP contribution is -2.42. The van der Waals surface area contributed by atoms with Crippen molar-refractivity contribution in [1.82, 2.24) is 14.3 Å². The Labute approximate surface area is 157 Å². The summed E-state index contributed by atoms with van der Waals surface area (Å²) in [5.74, 6) is 0.666. The molecule has 140 valence electrons. The summed E-state index contributed by atoms with van der Waals surface area (Å²) >= 11 is 1.00. The zero-order valence-electron chi connectivity index (χ0n) is 14.6. The molecule has 1 saturated heterocycles. The van der Waals surface area contributed by atoms with Crippen LogP contribution in [0.2, 0.25) is 0 Å².